The number of nitrogens with zero attached hydrogens (tertiary/aromatic N) is 3. The van der Waals surface area contributed by atoms with Crippen LogP contribution in [0.15, 0.2) is 72.8 Å². The molecule has 0 bridgehead atoms. The summed E-state index contributed by atoms with van der Waals surface area (Å²) < 4.78 is 5.46. The van der Waals surface area contributed by atoms with E-state index in [9.17, 15) is 0 Å². The van der Waals surface area contributed by atoms with Crippen molar-refractivity contribution in [2.45, 2.75) is 32.5 Å². The summed E-state index contributed by atoms with van der Waals surface area (Å²) in [6.45, 7) is 4.99. The van der Waals surface area contributed by atoms with Gasteiger partial charge in [-0.2, -0.15) is 0 Å². The van der Waals surface area contributed by atoms with Gasteiger partial charge in [0.15, 0.2) is 0 Å². The molecule has 0 unspecified atom stereocenters. The van der Waals surface area contributed by atoms with Crippen LogP contribution in [0.3, 0.4) is 0 Å². The Kier molecular flexibility index (Phi) is 7.33. The Balaban J connectivity index is 1.59. The van der Waals surface area contributed by atoms with Gasteiger partial charge in [-0.1, -0.05) is 36.4 Å². The van der Waals surface area contributed by atoms with Crippen molar-refractivity contribution in [3.8, 4) is 5.75 Å². The number of hydrogen-bond donors (Lipinski definition) is 0. The predicted octanol–water partition coefficient (Wildman–Crippen LogP) is 5.56. The van der Waals surface area contributed by atoms with E-state index in [-0.39, 0.29) is 0 Å². The van der Waals surface area contributed by atoms with Gasteiger partial charge in [-0.05, 0) is 80.0 Å². The van der Waals surface area contributed by atoms with Crippen molar-refractivity contribution in [2.75, 3.05) is 44.1 Å². The first-order valence-electron chi connectivity index (χ1n) is 11.6. The zero-order valence-corrected chi connectivity index (χ0v) is 19.6. The summed E-state index contributed by atoms with van der Waals surface area (Å²) in [4.78, 5) is 7.16. The second-order valence-corrected chi connectivity index (χ2v) is 8.98. The van der Waals surface area contributed by atoms with Gasteiger partial charge in [0, 0.05) is 44.1 Å². The van der Waals surface area contributed by atoms with Crippen molar-refractivity contribution < 1.29 is 4.74 Å². The van der Waals surface area contributed by atoms with E-state index in [1.165, 1.54) is 54.0 Å². The highest BCUT2D eigenvalue weighted by molar-refractivity contribution is 5.53. The SMILES string of the molecule is COc1cccc(CN(Cc2cccc(N3CCCC3)c2)c2ccc(CN(C)C)cc2)c1. The van der Waals surface area contributed by atoms with Crippen molar-refractivity contribution in [3.05, 3.63) is 89.5 Å². The number of anilines is 2. The zero-order chi connectivity index (χ0) is 22.3. The van der Waals surface area contributed by atoms with Crippen LogP contribution in [0, 0.1) is 0 Å². The molecular weight excluding hydrogens is 394 g/mol. The van der Waals surface area contributed by atoms with E-state index < -0.39 is 0 Å². The van der Waals surface area contributed by atoms with Gasteiger partial charge in [0.05, 0.1) is 7.11 Å². The summed E-state index contributed by atoms with van der Waals surface area (Å²) >= 11 is 0. The molecule has 1 fully saturated rings. The highest BCUT2D eigenvalue weighted by atomic mass is 16.5. The second-order valence-electron chi connectivity index (χ2n) is 8.98. The molecule has 0 aliphatic carbocycles. The largest absolute Gasteiger partial charge is 0.497 e. The van der Waals surface area contributed by atoms with Gasteiger partial charge >= 0.3 is 0 Å². The Hall–Kier alpha value is -2.98. The molecule has 0 aromatic heterocycles. The van der Waals surface area contributed by atoms with E-state index in [0.29, 0.717) is 0 Å². The molecule has 1 saturated heterocycles. The molecule has 4 rings (SSSR count). The predicted molar refractivity (Wildman–Crippen MR) is 135 cm³/mol. The summed E-state index contributed by atoms with van der Waals surface area (Å²) in [5.41, 5.74) is 6.51. The van der Waals surface area contributed by atoms with E-state index in [0.717, 1.165) is 25.4 Å². The van der Waals surface area contributed by atoms with Gasteiger partial charge in [0.25, 0.3) is 0 Å². The van der Waals surface area contributed by atoms with Gasteiger partial charge in [0.1, 0.15) is 5.75 Å². The van der Waals surface area contributed by atoms with Crippen LogP contribution < -0.4 is 14.5 Å². The number of methoxy groups -OCH3 is 1. The summed E-state index contributed by atoms with van der Waals surface area (Å²) in [6, 6.07) is 26.4. The molecule has 0 N–H and O–H groups in total. The summed E-state index contributed by atoms with van der Waals surface area (Å²) in [6.07, 6.45) is 2.59. The molecule has 1 heterocycles. The maximum Gasteiger partial charge on any atom is 0.119 e. The standard InChI is InChI=1S/C28H35N3O/c1-29(2)20-23-12-14-26(15-13-23)31(22-25-9-7-11-28(19-25)32-3)21-24-8-6-10-27(18-24)30-16-4-5-17-30/h6-15,18-19H,4-5,16-17,20-22H2,1-3H3. The first kappa shape index (κ1) is 22.2. The van der Waals surface area contributed by atoms with E-state index in [2.05, 4.69) is 95.5 Å². The van der Waals surface area contributed by atoms with Crippen LogP contribution in [-0.4, -0.2) is 39.2 Å². The molecule has 0 radical (unpaired) electrons. The van der Waals surface area contributed by atoms with Crippen molar-refractivity contribution in [1.82, 2.24) is 4.90 Å². The van der Waals surface area contributed by atoms with Crippen LogP contribution in [0.5, 0.6) is 5.75 Å². The molecular formula is C28H35N3O. The number of hydrogen-bond acceptors (Lipinski definition) is 4. The van der Waals surface area contributed by atoms with Crippen LogP contribution >= 0.6 is 0 Å². The third-order valence-electron chi connectivity index (χ3n) is 6.06. The molecule has 0 spiro atoms. The average Bonchev–Trinajstić information content (AvgIpc) is 3.34. The Morgan fingerprint density at radius 3 is 2.06 bits per heavy atom. The maximum absolute atomic E-state index is 5.46. The van der Waals surface area contributed by atoms with Crippen LogP contribution in [0.1, 0.15) is 29.5 Å². The van der Waals surface area contributed by atoms with Crippen molar-refractivity contribution in [1.29, 1.82) is 0 Å². The van der Waals surface area contributed by atoms with E-state index in [4.69, 9.17) is 4.74 Å². The summed E-state index contributed by atoms with van der Waals surface area (Å²) in [5, 5.41) is 0. The summed E-state index contributed by atoms with van der Waals surface area (Å²) in [7, 11) is 5.94. The van der Waals surface area contributed by atoms with Crippen LogP contribution in [0.2, 0.25) is 0 Å². The Morgan fingerprint density at radius 2 is 1.41 bits per heavy atom. The number of ether oxygens (including phenoxy) is 1. The quantitative estimate of drug-likeness (QED) is 0.443. The first-order valence-corrected chi connectivity index (χ1v) is 11.6. The lowest BCUT2D eigenvalue weighted by molar-refractivity contribution is 0.402. The normalized spacial score (nSPS) is 13.6. The minimum absolute atomic E-state index is 0.832. The topological polar surface area (TPSA) is 19.0 Å². The lowest BCUT2D eigenvalue weighted by Crippen LogP contribution is -2.23. The fourth-order valence-corrected chi connectivity index (χ4v) is 4.45. The van der Waals surface area contributed by atoms with Crippen molar-refractivity contribution >= 4 is 11.4 Å². The molecule has 3 aromatic rings. The van der Waals surface area contributed by atoms with Crippen LogP contribution in [0.4, 0.5) is 11.4 Å². The summed E-state index contributed by atoms with van der Waals surface area (Å²) in [5.74, 6) is 0.903. The van der Waals surface area contributed by atoms with Crippen LogP contribution in [0.25, 0.3) is 0 Å². The fraction of sp³-hybridized carbons (Fsp3) is 0.357. The van der Waals surface area contributed by atoms with Gasteiger partial charge in [-0.3, -0.25) is 0 Å². The number of benzene rings is 3. The lowest BCUT2D eigenvalue weighted by atomic mass is 10.1. The first-order chi connectivity index (χ1) is 15.6. The molecule has 0 atom stereocenters. The minimum atomic E-state index is 0.832. The minimum Gasteiger partial charge on any atom is -0.497 e. The maximum atomic E-state index is 5.46. The third-order valence-corrected chi connectivity index (χ3v) is 6.06. The molecule has 0 saturated carbocycles. The molecule has 32 heavy (non-hydrogen) atoms. The molecule has 3 aromatic carbocycles. The van der Waals surface area contributed by atoms with Gasteiger partial charge in [-0.15, -0.1) is 0 Å². The average molecular weight is 430 g/mol. The fourth-order valence-electron chi connectivity index (χ4n) is 4.45. The Morgan fingerprint density at radius 1 is 0.750 bits per heavy atom. The van der Waals surface area contributed by atoms with Crippen molar-refractivity contribution in [2.24, 2.45) is 0 Å². The van der Waals surface area contributed by atoms with Crippen molar-refractivity contribution in [3.63, 3.8) is 0 Å². The molecule has 4 heteroatoms. The van der Waals surface area contributed by atoms with E-state index in [1.54, 1.807) is 7.11 Å². The zero-order valence-electron chi connectivity index (χ0n) is 19.6. The molecule has 1 aliphatic rings. The van der Waals surface area contributed by atoms with E-state index >= 15 is 0 Å². The monoisotopic (exact) mass is 429 g/mol. The highest BCUT2D eigenvalue weighted by Gasteiger charge is 2.14. The Labute approximate surface area is 193 Å². The molecule has 4 nitrogen and oxygen atoms in total. The van der Waals surface area contributed by atoms with Gasteiger partial charge in [-0.25, -0.2) is 0 Å². The smallest absolute Gasteiger partial charge is 0.119 e. The van der Waals surface area contributed by atoms with Crippen LogP contribution in [-0.2, 0) is 19.6 Å². The number of rotatable bonds is 9. The molecule has 168 valence electrons. The Bertz CT molecular complexity index is 994. The molecule has 1 aliphatic heterocycles. The third kappa shape index (κ3) is 5.83. The molecule has 0 amide bonds. The van der Waals surface area contributed by atoms with Gasteiger partial charge < -0.3 is 19.4 Å². The van der Waals surface area contributed by atoms with E-state index in [1.807, 2.05) is 6.07 Å². The van der Waals surface area contributed by atoms with Gasteiger partial charge in [0.2, 0.25) is 0 Å². The highest BCUT2D eigenvalue weighted by Crippen LogP contribution is 2.26. The second kappa shape index (κ2) is 10.6. The lowest BCUT2D eigenvalue weighted by Gasteiger charge is -2.27.